The summed E-state index contributed by atoms with van der Waals surface area (Å²) in [6.45, 7) is 1.66. The molecule has 1 N–H and O–H groups in total. The van der Waals surface area contributed by atoms with Gasteiger partial charge in [-0.1, -0.05) is 0 Å². The number of methoxy groups -OCH3 is 2. The Morgan fingerprint density at radius 1 is 1.27 bits per heavy atom. The van der Waals surface area contributed by atoms with Crippen LogP contribution in [-0.4, -0.2) is 29.8 Å². The number of benzene rings is 1. The molecule has 3 rings (SSSR count). The summed E-state index contributed by atoms with van der Waals surface area (Å²) in [6.07, 6.45) is 2.93. The first kappa shape index (κ1) is 17.7. The van der Waals surface area contributed by atoms with Crippen molar-refractivity contribution in [2.24, 2.45) is 0 Å². The number of nitrogens with one attached hydrogen (secondary N) is 1. The Labute approximate surface area is 153 Å². The molecule has 0 fully saturated rings. The van der Waals surface area contributed by atoms with Crippen LogP contribution < -0.4 is 20.5 Å². The maximum absolute atomic E-state index is 12.4. The van der Waals surface area contributed by atoms with Gasteiger partial charge in [-0.25, -0.2) is 9.66 Å². The third-order valence-corrected chi connectivity index (χ3v) is 4.55. The van der Waals surface area contributed by atoms with Crippen LogP contribution in [0.1, 0.15) is 11.4 Å². The van der Waals surface area contributed by atoms with Crippen LogP contribution >= 0.6 is 11.3 Å². The highest BCUT2D eigenvalue weighted by molar-refractivity contribution is 7.16. The van der Waals surface area contributed by atoms with Crippen LogP contribution in [0.3, 0.4) is 0 Å². The average molecular weight is 371 g/mol. The van der Waals surface area contributed by atoms with Gasteiger partial charge in [-0.2, -0.15) is 0 Å². The van der Waals surface area contributed by atoms with Crippen LogP contribution in [0.15, 0.2) is 40.5 Å². The van der Waals surface area contributed by atoms with Crippen LogP contribution in [0.5, 0.6) is 11.5 Å². The molecule has 0 aliphatic carbocycles. The number of nitrogens with zero attached hydrogens (tertiary/aromatic N) is 2. The van der Waals surface area contributed by atoms with Gasteiger partial charge in [-0.15, -0.1) is 11.3 Å². The lowest BCUT2D eigenvalue weighted by molar-refractivity contribution is -0.112. The maximum atomic E-state index is 12.4. The zero-order valence-electron chi connectivity index (χ0n) is 14.5. The Hall–Kier alpha value is -3.13. The first-order chi connectivity index (χ1) is 12.5. The van der Waals surface area contributed by atoms with Gasteiger partial charge in [0.25, 0.3) is 11.5 Å². The lowest BCUT2D eigenvalue weighted by atomic mass is 10.1. The molecule has 2 aromatic heterocycles. The highest BCUT2D eigenvalue weighted by Gasteiger charge is 2.10. The SMILES string of the molecule is COc1ccc(/C=C/C(=O)Nn2c(C)nc3sccc3c2=O)c(OC)c1. The summed E-state index contributed by atoms with van der Waals surface area (Å²) >= 11 is 1.38. The maximum Gasteiger partial charge on any atom is 0.281 e. The molecule has 26 heavy (non-hydrogen) atoms. The predicted octanol–water partition coefficient (Wildman–Crippen LogP) is 2.57. The largest absolute Gasteiger partial charge is 0.497 e. The Kier molecular flexibility index (Phi) is 5.04. The first-order valence-electron chi connectivity index (χ1n) is 7.71. The molecule has 0 aliphatic rings. The molecule has 2 heterocycles. The molecule has 8 heteroatoms. The number of hydrogen-bond donors (Lipinski definition) is 1. The van der Waals surface area contributed by atoms with E-state index in [-0.39, 0.29) is 5.56 Å². The zero-order chi connectivity index (χ0) is 18.7. The second-order valence-corrected chi connectivity index (χ2v) is 6.25. The standard InChI is InChI=1S/C18H17N3O4S/c1-11-19-17-14(8-9-26-17)18(23)21(11)20-16(22)7-5-12-4-6-13(24-2)10-15(12)25-3/h4-10H,1-3H3,(H,20,22)/b7-5+. The number of amides is 1. The van der Waals surface area contributed by atoms with Gasteiger partial charge >= 0.3 is 0 Å². The summed E-state index contributed by atoms with van der Waals surface area (Å²) in [5.41, 5.74) is 2.95. The monoisotopic (exact) mass is 371 g/mol. The van der Waals surface area contributed by atoms with E-state index in [2.05, 4.69) is 10.4 Å². The van der Waals surface area contributed by atoms with E-state index in [0.29, 0.717) is 33.1 Å². The van der Waals surface area contributed by atoms with Gasteiger partial charge in [0, 0.05) is 17.7 Å². The van der Waals surface area contributed by atoms with Crippen molar-refractivity contribution < 1.29 is 14.3 Å². The molecule has 0 spiro atoms. The fraction of sp³-hybridized carbons (Fsp3) is 0.167. The van der Waals surface area contributed by atoms with E-state index in [1.807, 2.05) is 0 Å². The average Bonchev–Trinajstić information content (AvgIpc) is 3.11. The van der Waals surface area contributed by atoms with Gasteiger partial charge in [-0.3, -0.25) is 15.0 Å². The highest BCUT2D eigenvalue weighted by atomic mass is 32.1. The number of carbonyl (C=O) groups is 1. The molecule has 1 amide bonds. The van der Waals surface area contributed by atoms with Gasteiger partial charge in [0.1, 0.15) is 22.2 Å². The molecule has 7 nitrogen and oxygen atoms in total. The topological polar surface area (TPSA) is 82.5 Å². The van der Waals surface area contributed by atoms with Crippen molar-refractivity contribution in [3.05, 3.63) is 57.5 Å². The number of thiophene rings is 1. The molecule has 0 atom stereocenters. The van der Waals surface area contributed by atoms with Crippen molar-refractivity contribution in [3.63, 3.8) is 0 Å². The third kappa shape index (κ3) is 3.45. The molecule has 0 unspecified atom stereocenters. The number of aryl methyl sites for hydroxylation is 1. The second kappa shape index (κ2) is 7.40. The molecule has 0 saturated heterocycles. The lowest BCUT2D eigenvalue weighted by Gasteiger charge is -2.09. The quantitative estimate of drug-likeness (QED) is 0.697. The lowest BCUT2D eigenvalue weighted by Crippen LogP contribution is -2.34. The molecule has 0 radical (unpaired) electrons. The van der Waals surface area contributed by atoms with E-state index in [9.17, 15) is 9.59 Å². The van der Waals surface area contributed by atoms with Gasteiger partial charge in [0.15, 0.2) is 0 Å². The number of aromatic nitrogens is 2. The van der Waals surface area contributed by atoms with E-state index in [0.717, 1.165) is 4.68 Å². The smallest absolute Gasteiger partial charge is 0.281 e. The number of hydrogen-bond acceptors (Lipinski definition) is 6. The fourth-order valence-corrected chi connectivity index (χ4v) is 3.22. The summed E-state index contributed by atoms with van der Waals surface area (Å²) in [5.74, 6) is 1.18. The van der Waals surface area contributed by atoms with Crippen molar-refractivity contribution in [1.82, 2.24) is 9.66 Å². The second-order valence-electron chi connectivity index (χ2n) is 5.36. The number of carbonyl (C=O) groups excluding carboxylic acids is 1. The summed E-state index contributed by atoms with van der Waals surface area (Å²) < 4.78 is 11.6. The molecule has 3 aromatic rings. The zero-order valence-corrected chi connectivity index (χ0v) is 15.3. The van der Waals surface area contributed by atoms with E-state index in [1.165, 1.54) is 24.5 Å². The molecular weight excluding hydrogens is 354 g/mol. The van der Waals surface area contributed by atoms with E-state index in [4.69, 9.17) is 9.47 Å². The van der Waals surface area contributed by atoms with Crippen LogP contribution in [0.25, 0.3) is 16.3 Å². The van der Waals surface area contributed by atoms with Crippen molar-refractivity contribution in [3.8, 4) is 11.5 Å². The van der Waals surface area contributed by atoms with Gasteiger partial charge < -0.3 is 9.47 Å². The number of fused-ring (bicyclic) bond motifs is 1. The third-order valence-electron chi connectivity index (χ3n) is 3.74. The van der Waals surface area contributed by atoms with E-state index >= 15 is 0 Å². The van der Waals surface area contributed by atoms with Crippen molar-refractivity contribution in [2.75, 3.05) is 19.6 Å². The van der Waals surface area contributed by atoms with Gasteiger partial charge in [0.2, 0.25) is 0 Å². The summed E-state index contributed by atoms with van der Waals surface area (Å²) in [4.78, 5) is 29.7. The normalized spacial score (nSPS) is 11.0. The van der Waals surface area contributed by atoms with E-state index in [1.54, 1.807) is 49.8 Å². The van der Waals surface area contributed by atoms with Gasteiger partial charge in [-0.05, 0) is 36.6 Å². The molecule has 0 aliphatic heterocycles. The Morgan fingerprint density at radius 3 is 2.81 bits per heavy atom. The number of ether oxygens (including phenoxy) is 2. The van der Waals surface area contributed by atoms with Crippen molar-refractivity contribution in [1.29, 1.82) is 0 Å². The Morgan fingerprint density at radius 2 is 2.08 bits per heavy atom. The molecule has 0 saturated carbocycles. The minimum absolute atomic E-state index is 0.308. The summed E-state index contributed by atoms with van der Waals surface area (Å²) in [6, 6.07) is 6.96. The predicted molar refractivity (Wildman–Crippen MR) is 102 cm³/mol. The number of rotatable bonds is 5. The molecule has 0 bridgehead atoms. The highest BCUT2D eigenvalue weighted by Crippen LogP contribution is 2.25. The van der Waals surface area contributed by atoms with Gasteiger partial charge in [0.05, 0.1) is 19.6 Å². The molecule has 134 valence electrons. The minimum Gasteiger partial charge on any atom is -0.497 e. The van der Waals surface area contributed by atoms with E-state index < -0.39 is 5.91 Å². The van der Waals surface area contributed by atoms with Crippen LogP contribution in [-0.2, 0) is 4.79 Å². The van der Waals surface area contributed by atoms with Crippen LogP contribution in [0, 0.1) is 6.92 Å². The van der Waals surface area contributed by atoms with Crippen LogP contribution in [0.2, 0.25) is 0 Å². The Bertz CT molecular complexity index is 1050. The van der Waals surface area contributed by atoms with Crippen molar-refractivity contribution >= 4 is 33.5 Å². The molecular formula is C18H17N3O4S. The first-order valence-corrected chi connectivity index (χ1v) is 8.59. The minimum atomic E-state index is -0.454. The fourth-order valence-electron chi connectivity index (χ4n) is 2.42. The van der Waals surface area contributed by atoms with Crippen molar-refractivity contribution in [2.45, 2.75) is 6.92 Å². The van der Waals surface area contributed by atoms with Crippen LogP contribution in [0.4, 0.5) is 0 Å². The Balaban J connectivity index is 1.83. The molecule has 1 aromatic carbocycles. The summed E-state index contributed by atoms with van der Waals surface area (Å²) in [7, 11) is 3.10. The summed E-state index contributed by atoms with van der Waals surface area (Å²) in [5, 5.41) is 2.27.